The maximum atomic E-state index is 13.4. The first-order chi connectivity index (χ1) is 16.6. The van der Waals surface area contributed by atoms with Crippen molar-refractivity contribution in [2.45, 2.75) is 32.9 Å². The molecular formula is C29H30N2O2S. The highest BCUT2D eigenvalue weighted by atomic mass is 32.1. The molecule has 5 heteroatoms. The summed E-state index contributed by atoms with van der Waals surface area (Å²) in [5, 5.41) is 7.30. The number of ether oxygens (including phenoxy) is 1. The van der Waals surface area contributed by atoms with Gasteiger partial charge in [-0.3, -0.25) is 0 Å². The van der Waals surface area contributed by atoms with Gasteiger partial charge in [0.1, 0.15) is 6.61 Å². The predicted octanol–water partition coefficient (Wildman–Crippen LogP) is 7.19. The van der Waals surface area contributed by atoms with Gasteiger partial charge in [-0.25, -0.2) is 4.79 Å². The molecule has 3 aromatic carbocycles. The molecule has 4 aromatic rings. The standard InChI is InChI=1S/C29H30N2O2S/c1-20-13-14-26-27-25(19-34-26)24(21(2)15-30-28(20)27)17-31(16-22-9-5-3-6-10-22)29(32)33-18-23-11-7-4-8-12-23/h3-14,19,21,24,30H,15-18H2,1-2H3. The number of carbonyl (C=O) groups is 1. The third-order valence-electron chi connectivity index (χ3n) is 6.76. The second-order valence-electron chi connectivity index (χ2n) is 9.19. The number of hydrogen-bond donors (Lipinski definition) is 1. The second kappa shape index (κ2) is 9.90. The van der Waals surface area contributed by atoms with Crippen LogP contribution in [-0.4, -0.2) is 24.1 Å². The van der Waals surface area contributed by atoms with Gasteiger partial charge in [0, 0.05) is 41.3 Å². The fourth-order valence-corrected chi connectivity index (χ4v) is 5.84. The first-order valence-corrected chi connectivity index (χ1v) is 12.7. The van der Waals surface area contributed by atoms with Gasteiger partial charge in [-0.1, -0.05) is 73.7 Å². The molecule has 0 bridgehead atoms. The number of benzene rings is 3. The van der Waals surface area contributed by atoms with Crippen LogP contribution in [0, 0.1) is 12.8 Å². The van der Waals surface area contributed by atoms with Crippen LogP contribution >= 0.6 is 11.3 Å². The van der Waals surface area contributed by atoms with Crippen molar-refractivity contribution in [3.63, 3.8) is 0 Å². The van der Waals surface area contributed by atoms with Gasteiger partial charge in [-0.2, -0.15) is 0 Å². The van der Waals surface area contributed by atoms with E-state index in [0.717, 1.165) is 17.7 Å². The molecule has 1 aromatic heterocycles. The summed E-state index contributed by atoms with van der Waals surface area (Å²) in [6.45, 7) is 6.73. The zero-order valence-corrected chi connectivity index (χ0v) is 20.5. The zero-order chi connectivity index (χ0) is 23.5. The molecule has 2 unspecified atom stereocenters. The Labute approximate surface area is 205 Å². The number of rotatable bonds is 6. The Morgan fingerprint density at radius 1 is 1.03 bits per heavy atom. The summed E-state index contributed by atoms with van der Waals surface area (Å²) in [6, 6.07) is 24.4. The van der Waals surface area contributed by atoms with Crippen molar-refractivity contribution < 1.29 is 9.53 Å². The van der Waals surface area contributed by atoms with Crippen molar-refractivity contribution >= 4 is 33.2 Å². The summed E-state index contributed by atoms with van der Waals surface area (Å²) in [4.78, 5) is 15.2. The van der Waals surface area contributed by atoms with E-state index in [2.05, 4.69) is 48.8 Å². The van der Waals surface area contributed by atoms with Gasteiger partial charge in [-0.05, 0) is 46.5 Å². The molecule has 2 heterocycles. The molecule has 4 nitrogen and oxygen atoms in total. The number of thiophene rings is 1. The summed E-state index contributed by atoms with van der Waals surface area (Å²) < 4.78 is 7.08. The Morgan fingerprint density at radius 3 is 2.47 bits per heavy atom. The van der Waals surface area contributed by atoms with Crippen molar-refractivity contribution in [3.8, 4) is 0 Å². The molecule has 1 amide bonds. The van der Waals surface area contributed by atoms with Crippen molar-refractivity contribution in [1.82, 2.24) is 4.90 Å². The number of nitrogens with zero attached hydrogens (tertiary/aromatic N) is 1. The molecule has 2 atom stereocenters. The molecule has 1 aliphatic heterocycles. The van der Waals surface area contributed by atoms with Crippen LogP contribution in [0.15, 0.2) is 78.2 Å². The molecule has 0 fully saturated rings. The molecular weight excluding hydrogens is 440 g/mol. The third-order valence-corrected chi connectivity index (χ3v) is 7.73. The molecule has 34 heavy (non-hydrogen) atoms. The number of carbonyl (C=O) groups excluding carboxylic acids is 1. The minimum atomic E-state index is -0.270. The number of hydrogen-bond acceptors (Lipinski definition) is 4. The second-order valence-corrected chi connectivity index (χ2v) is 10.1. The smallest absolute Gasteiger partial charge is 0.410 e. The molecule has 0 saturated carbocycles. The lowest BCUT2D eigenvalue weighted by Crippen LogP contribution is -2.37. The van der Waals surface area contributed by atoms with E-state index in [1.165, 1.54) is 26.9 Å². The molecule has 0 aliphatic carbocycles. The number of nitrogens with one attached hydrogen (secondary N) is 1. The monoisotopic (exact) mass is 470 g/mol. The fourth-order valence-electron chi connectivity index (χ4n) is 4.80. The van der Waals surface area contributed by atoms with Crippen molar-refractivity contribution in [3.05, 3.63) is 100 Å². The van der Waals surface area contributed by atoms with Crippen LogP contribution < -0.4 is 5.32 Å². The Balaban J connectivity index is 1.44. The molecule has 0 spiro atoms. The first-order valence-electron chi connectivity index (χ1n) is 11.8. The van der Waals surface area contributed by atoms with Gasteiger partial charge in [0.25, 0.3) is 0 Å². The summed E-state index contributed by atoms with van der Waals surface area (Å²) in [5.74, 6) is 0.585. The van der Waals surface area contributed by atoms with Gasteiger partial charge >= 0.3 is 6.09 Å². The van der Waals surface area contributed by atoms with Gasteiger partial charge in [-0.15, -0.1) is 11.3 Å². The highest BCUT2D eigenvalue weighted by Crippen LogP contribution is 2.43. The van der Waals surface area contributed by atoms with E-state index >= 15 is 0 Å². The minimum Gasteiger partial charge on any atom is -0.445 e. The van der Waals surface area contributed by atoms with Crippen molar-refractivity contribution in [2.24, 2.45) is 5.92 Å². The predicted molar refractivity (Wildman–Crippen MR) is 140 cm³/mol. The fraction of sp³-hybridized carbons (Fsp3) is 0.276. The summed E-state index contributed by atoms with van der Waals surface area (Å²) >= 11 is 1.79. The number of anilines is 1. The van der Waals surface area contributed by atoms with Crippen LogP contribution in [0.4, 0.5) is 10.5 Å². The lowest BCUT2D eigenvalue weighted by atomic mass is 9.87. The summed E-state index contributed by atoms with van der Waals surface area (Å²) in [5.41, 5.74) is 5.94. The lowest BCUT2D eigenvalue weighted by Gasteiger charge is -2.30. The van der Waals surface area contributed by atoms with Crippen LogP contribution in [0.25, 0.3) is 10.1 Å². The molecule has 5 rings (SSSR count). The number of aryl methyl sites for hydroxylation is 1. The SMILES string of the molecule is Cc1ccc2scc3c2c1NCC(C)C3CN(Cc1ccccc1)C(=O)OCc1ccccc1. The Bertz CT molecular complexity index is 1270. The molecule has 0 saturated heterocycles. The van der Waals surface area contributed by atoms with Crippen LogP contribution in [0.5, 0.6) is 0 Å². The van der Waals surface area contributed by atoms with E-state index in [9.17, 15) is 4.79 Å². The quantitative estimate of drug-likeness (QED) is 0.324. The Kier molecular flexibility index (Phi) is 6.54. The minimum absolute atomic E-state index is 0.220. The van der Waals surface area contributed by atoms with Gasteiger partial charge in [0.05, 0.1) is 0 Å². The largest absolute Gasteiger partial charge is 0.445 e. The van der Waals surface area contributed by atoms with Crippen LogP contribution in [-0.2, 0) is 17.9 Å². The van der Waals surface area contributed by atoms with Crippen LogP contribution in [0.1, 0.15) is 35.1 Å². The van der Waals surface area contributed by atoms with Crippen molar-refractivity contribution in [1.29, 1.82) is 0 Å². The van der Waals surface area contributed by atoms with E-state index in [0.29, 0.717) is 19.0 Å². The summed E-state index contributed by atoms with van der Waals surface area (Å²) in [7, 11) is 0. The van der Waals surface area contributed by atoms with E-state index in [-0.39, 0.29) is 18.6 Å². The van der Waals surface area contributed by atoms with E-state index in [4.69, 9.17) is 4.74 Å². The number of amides is 1. The van der Waals surface area contributed by atoms with Crippen molar-refractivity contribution in [2.75, 3.05) is 18.4 Å². The lowest BCUT2D eigenvalue weighted by molar-refractivity contribution is 0.0892. The molecule has 0 radical (unpaired) electrons. The normalized spacial score (nSPS) is 17.1. The summed E-state index contributed by atoms with van der Waals surface area (Å²) in [6.07, 6.45) is -0.270. The van der Waals surface area contributed by atoms with E-state index < -0.39 is 0 Å². The Morgan fingerprint density at radius 2 is 1.74 bits per heavy atom. The highest BCUT2D eigenvalue weighted by Gasteiger charge is 2.31. The highest BCUT2D eigenvalue weighted by molar-refractivity contribution is 7.17. The average molecular weight is 471 g/mol. The molecule has 1 N–H and O–H groups in total. The maximum absolute atomic E-state index is 13.4. The van der Waals surface area contributed by atoms with Crippen LogP contribution in [0.3, 0.4) is 0 Å². The van der Waals surface area contributed by atoms with Gasteiger partial charge in [0.2, 0.25) is 0 Å². The Hall–Kier alpha value is -3.31. The van der Waals surface area contributed by atoms with Crippen LogP contribution in [0.2, 0.25) is 0 Å². The molecule has 174 valence electrons. The maximum Gasteiger partial charge on any atom is 0.410 e. The first kappa shape index (κ1) is 22.5. The molecule has 1 aliphatic rings. The third kappa shape index (κ3) is 4.66. The van der Waals surface area contributed by atoms with E-state index in [1.54, 1.807) is 11.3 Å². The zero-order valence-electron chi connectivity index (χ0n) is 19.7. The topological polar surface area (TPSA) is 41.6 Å². The average Bonchev–Trinajstić information content (AvgIpc) is 3.23. The van der Waals surface area contributed by atoms with Gasteiger partial charge < -0.3 is 15.0 Å². The van der Waals surface area contributed by atoms with E-state index in [1.807, 2.05) is 53.4 Å². The van der Waals surface area contributed by atoms with Gasteiger partial charge in [0.15, 0.2) is 0 Å².